The molecule has 0 aliphatic carbocycles. The molecule has 0 radical (unpaired) electrons. The quantitative estimate of drug-likeness (QED) is 0.630. The Morgan fingerprint density at radius 3 is 1.42 bits per heavy atom. The summed E-state index contributed by atoms with van der Waals surface area (Å²) in [6.07, 6.45) is 3.52. The number of hydrogen-bond acceptors (Lipinski definition) is 6. The number of hydrogen-bond donors (Lipinski definition) is 2. The molecule has 0 atom stereocenters. The van der Waals surface area contributed by atoms with Crippen molar-refractivity contribution in [2.24, 2.45) is 0 Å². The average Bonchev–Trinajstić information content (AvgIpc) is 2.73. The molecule has 33 heavy (non-hydrogen) atoms. The summed E-state index contributed by atoms with van der Waals surface area (Å²) < 4.78 is 24.0. The van der Waals surface area contributed by atoms with Crippen LogP contribution in [0.4, 0.5) is 0 Å². The molecule has 0 aromatic heterocycles. The van der Waals surface area contributed by atoms with Crippen LogP contribution in [0.2, 0.25) is 0 Å². The second-order valence-corrected chi connectivity index (χ2v) is 10.5. The van der Waals surface area contributed by atoms with E-state index in [2.05, 4.69) is 27.7 Å². The van der Waals surface area contributed by atoms with Gasteiger partial charge in [0.2, 0.25) is 0 Å². The molecule has 2 aliphatic rings. The van der Waals surface area contributed by atoms with Gasteiger partial charge in [0.1, 0.15) is 22.7 Å². The van der Waals surface area contributed by atoms with Crippen LogP contribution in [0.25, 0.3) is 0 Å². The molecule has 6 nitrogen and oxygen atoms in total. The molecule has 0 bridgehead atoms. The third-order valence-electron chi connectivity index (χ3n) is 7.13. The van der Waals surface area contributed by atoms with E-state index < -0.39 is 0 Å². The first-order valence-corrected chi connectivity index (χ1v) is 11.6. The van der Waals surface area contributed by atoms with Crippen LogP contribution in [-0.2, 0) is 19.3 Å². The van der Waals surface area contributed by atoms with Crippen molar-refractivity contribution in [3.63, 3.8) is 0 Å². The number of phenolic OH excluding ortho intramolecular Hbond substituents is 2. The Labute approximate surface area is 196 Å². The van der Waals surface area contributed by atoms with Crippen LogP contribution in [-0.4, -0.2) is 35.6 Å². The van der Waals surface area contributed by atoms with Crippen LogP contribution >= 0.6 is 0 Å². The van der Waals surface area contributed by atoms with Gasteiger partial charge < -0.3 is 29.2 Å². The molecule has 6 heteroatoms. The Morgan fingerprint density at radius 1 is 0.727 bits per heavy atom. The SMILES string of the molecule is COc1c(C)c(O)c(Cc2c(O)c(C)c(OC)c3c2CCC(C)(C)O3)c2c1OC(C)(C)CC2. The van der Waals surface area contributed by atoms with Gasteiger partial charge in [-0.15, -0.1) is 0 Å². The number of ether oxygens (including phenoxy) is 4. The summed E-state index contributed by atoms with van der Waals surface area (Å²) >= 11 is 0. The van der Waals surface area contributed by atoms with E-state index in [4.69, 9.17) is 18.9 Å². The standard InChI is InChI=1S/C27H36O6/c1-14-20(28)18(16-9-11-26(3,4)32-24(16)22(14)30-7)13-19-17-10-12-27(5,6)33-25(17)23(31-8)15(2)21(19)29/h28-29H,9-13H2,1-8H3. The van der Waals surface area contributed by atoms with E-state index in [0.717, 1.165) is 47.9 Å². The molecule has 2 N–H and O–H groups in total. The van der Waals surface area contributed by atoms with Gasteiger partial charge >= 0.3 is 0 Å². The maximum absolute atomic E-state index is 11.2. The Balaban J connectivity index is 1.93. The summed E-state index contributed by atoms with van der Waals surface area (Å²) in [4.78, 5) is 0. The predicted octanol–water partition coefficient (Wildman–Crippen LogP) is 5.53. The second kappa shape index (κ2) is 7.93. The van der Waals surface area contributed by atoms with Crippen LogP contribution in [0.3, 0.4) is 0 Å². The molecular formula is C27H36O6. The molecule has 0 fully saturated rings. The van der Waals surface area contributed by atoms with Crippen molar-refractivity contribution >= 4 is 0 Å². The first-order valence-electron chi connectivity index (χ1n) is 11.6. The van der Waals surface area contributed by atoms with Gasteiger partial charge in [-0.25, -0.2) is 0 Å². The summed E-state index contributed by atoms with van der Waals surface area (Å²) in [7, 11) is 3.20. The molecule has 2 heterocycles. The lowest BCUT2D eigenvalue weighted by atomic mass is 9.83. The van der Waals surface area contributed by atoms with Gasteiger partial charge in [-0.1, -0.05) is 0 Å². The fraction of sp³-hybridized carbons (Fsp3) is 0.556. The monoisotopic (exact) mass is 456 g/mol. The van der Waals surface area contributed by atoms with Crippen LogP contribution in [0.15, 0.2) is 0 Å². The van der Waals surface area contributed by atoms with E-state index in [1.54, 1.807) is 14.2 Å². The first kappa shape index (κ1) is 23.4. The highest BCUT2D eigenvalue weighted by atomic mass is 16.5. The third-order valence-corrected chi connectivity index (χ3v) is 7.13. The van der Waals surface area contributed by atoms with Crippen molar-refractivity contribution in [2.45, 2.75) is 84.8 Å². The van der Waals surface area contributed by atoms with Gasteiger partial charge in [0.15, 0.2) is 23.0 Å². The summed E-state index contributed by atoms with van der Waals surface area (Å²) in [5.41, 5.74) is 4.05. The van der Waals surface area contributed by atoms with E-state index in [-0.39, 0.29) is 22.7 Å². The highest BCUT2D eigenvalue weighted by molar-refractivity contribution is 5.68. The van der Waals surface area contributed by atoms with Crippen molar-refractivity contribution < 1.29 is 29.2 Å². The fourth-order valence-corrected chi connectivity index (χ4v) is 5.14. The maximum Gasteiger partial charge on any atom is 0.167 e. The highest BCUT2D eigenvalue weighted by Crippen LogP contribution is 2.52. The van der Waals surface area contributed by atoms with Gasteiger partial charge in [-0.3, -0.25) is 0 Å². The zero-order valence-corrected chi connectivity index (χ0v) is 21.1. The van der Waals surface area contributed by atoms with Crippen LogP contribution in [0.1, 0.15) is 73.9 Å². The number of aromatic hydroxyl groups is 2. The number of phenols is 2. The Kier molecular flexibility index (Phi) is 5.62. The van der Waals surface area contributed by atoms with Crippen LogP contribution in [0.5, 0.6) is 34.5 Å². The molecule has 2 aromatic carbocycles. The second-order valence-electron chi connectivity index (χ2n) is 10.5. The lowest BCUT2D eigenvalue weighted by Crippen LogP contribution is -2.34. The zero-order chi connectivity index (χ0) is 24.3. The molecule has 2 aromatic rings. The molecule has 2 aliphatic heterocycles. The summed E-state index contributed by atoms with van der Waals surface area (Å²) in [5, 5.41) is 22.5. The van der Waals surface area contributed by atoms with Gasteiger partial charge in [-0.05, 0) is 67.2 Å². The lowest BCUT2D eigenvalue weighted by Gasteiger charge is -2.37. The Hall–Kier alpha value is -2.76. The lowest BCUT2D eigenvalue weighted by molar-refractivity contribution is 0.0795. The van der Waals surface area contributed by atoms with Crippen molar-refractivity contribution in [2.75, 3.05) is 14.2 Å². The maximum atomic E-state index is 11.2. The van der Waals surface area contributed by atoms with Gasteiger partial charge in [0, 0.05) is 39.8 Å². The third kappa shape index (κ3) is 3.83. The summed E-state index contributed by atoms with van der Waals surface area (Å²) in [5.74, 6) is 2.90. The van der Waals surface area contributed by atoms with Crippen LogP contribution in [0, 0.1) is 13.8 Å². The summed E-state index contributed by atoms with van der Waals surface area (Å²) in [6.45, 7) is 11.9. The van der Waals surface area contributed by atoms with Crippen LogP contribution < -0.4 is 18.9 Å². The van der Waals surface area contributed by atoms with E-state index in [1.165, 1.54) is 0 Å². The highest BCUT2D eigenvalue weighted by Gasteiger charge is 2.37. The smallest absolute Gasteiger partial charge is 0.167 e. The molecule has 0 spiro atoms. The predicted molar refractivity (Wildman–Crippen MR) is 128 cm³/mol. The Morgan fingerprint density at radius 2 is 1.09 bits per heavy atom. The van der Waals surface area contributed by atoms with E-state index in [1.807, 2.05) is 13.8 Å². The Bertz CT molecular complexity index is 1030. The molecule has 0 unspecified atom stereocenters. The normalized spacial score (nSPS) is 17.9. The summed E-state index contributed by atoms with van der Waals surface area (Å²) in [6, 6.07) is 0. The van der Waals surface area contributed by atoms with Crippen molar-refractivity contribution in [3.8, 4) is 34.5 Å². The molecule has 0 amide bonds. The van der Waals surface area contributed by atoms with Gasteiger partial charge in [0.25, 0.3) is 0 Å². The van der Waals surface area contributed by atoms with E-state index in [0.29, 0.717) is 40.5 Å². The minimum atomic E-state index is -0.321. The molecule has 0 saturated carbocycles. The first-order chi connectivity index (χ1) is 15.4. The molecular weight excluding hydrogens is 420 g/mol. The van der Waals surface area contributed by atoms with Crippen molar-refractivity contribution in [3.05, 3.63) is 33.4 Å². The average molecular weight is 457 g/mol. The molecule has 0 saturated heterocycles. The van der Waals surface area contributed by atoms with Crippen molar-refractivity contribution in [1.29, 1.82) is 0 Å². The number of methoxy groups -OCH3 is 2. The topological polar surface area (TPSA) is 77.4 Å². The minimum Gasteiger partial charge on any atom is -0.507 e. The molecule has 4 rings (SSSR count). The number of benzene rings is 2. The largest absolute Gasteiger partial charge is 0.507 e. The number of fused-ring (bicyclic) bond motifs is 2. The van der Waals surface area contributed by atoms with Gasteiger partial charge in [0.05, 0.1) is 14.2 Å². The zero-order valence-electron chi connectivity index (χ0n) is 21.1. The van der Waals surface area contributed by atoms with Crippen molar-refractivity contribution in [1.82, 2.24) is 0 Å². The van der Waals surface area contributed by atoms with Gasteiger partial charge in [-0.2, -0.15) is 0 Å². The molecule has 180 valence electrons. The van der Waals surface area contributed by atoms with E-state index in [9.17, 15) is 10.2 Å². The fourth-order valence-electron chi connectivity index (χ4n) is 5.14. The van der Waals surface area contributed by atoms with E-state index >= 15 is 0 Å². The number of rotatable bonds is 4. The minimum absolute atomic E-state index is 0.188.